The van der Waals surface area contributed by atoms with Gasteiger partial charge in [0.1, 0.15) is 0 Å². The van der Waals surface area contributed by atoms with Crippen LogP contribution in [0.5, 0.6) is 0 Å². The minimum absolute atomic E-state index is 0.742. The average molecular weight is 184 g/mol. The summed E-state index contributed by atoms with van der Waals surface area (Å²) in [5, 5.41) is 8.88. The van der Waals surface area contributed by atoms with E-state index < -0.39 is 0 Å². The fourth-order valence-corrected chi connectivity index (χ4v) is 1.61. The maximum Gasteiger partial charge on any atom is 0.0730 e. The van der Waals surface area contributed by atoms with Crippen LogP contribution in [0, 0.1) is 0 Å². The highest BCUT2D eigenvalue weighted by atomic mass is 15.1. The molecule has 0 bridgehead atoms. The molecule has 3 N–H and O–H groups in total. The van der Waals surface area contributed by atoms with E-state index in [-0.39, 0.29) is 0 Å². The van der Waals surface area contributed by atoms with Crippen LogP contribution in [0.3, 0.4) is 0 Å². The first kappa shape index (κ1) is 7.32. The van der Waals surface area contributed by atoms with Crippen LogP contribution < -0.4 is 5.73 Å². The Balaban J connectivity index is 2.57. The number of fused-ring (bicyclic) bond motifs is 2. The van der Waals surface area contributed by atoms with Gasteiger partial charge in [0.15, 0.2) is 0 Å². The van der Waals surface area contributed by atoms with Gasteiger partial charge in [0, 0.05) is 22.7 Å². The minimum atomic E-state index is 0.742. The lowest BCUT2D eigenvalue weighted by Crippen LogP contribution is -1.88. The van der Waals surface area contributed by atoms with Gasteiger partial charge in [-0.2, -0.15) is 5.10 Å². The summed E-state index contributed by atoms with van der Waals surface area (Å²) in [6.07, 6.45) is 3.49. The number of nitrogen functional groups attached to an aromatic ring is 1. The van der Waals surface area contributed by atoms with Gasteiger partial charge in [-0.3, -0.25) is 10.1 Å². The van der Waals surface area contributed by atoms with Gasteiger partial charge in [-0.05, 0) is 18.2 Å². The Hall–Kier alpha value is -2.10. The van der Waals surface area contributed by atoms with E-state index in [1.165, 1.54) is 0 Å². The maximum atomic E-state index is 5.84. The molecule has 0 aliphatic rings. The summed E-state index contributed by atoms with van der Waals surface area (Å²) in [6, 6.07) is 5.75. The van der Waals surface area contributed by atoms with Crippen molar-refractivity contribution in [2.24, 2.45) is 0 Å². The second kappa shape index (κ2) is 2.45. The van der Waals surface area contributed by atoms with Gasteiger partial charge in [0.2, 0.25) is 0 Å². The first-order valence-electron chi connectivity index (χ1n) is 4.32. The molecule has 0 unspecified atom stereocenters. The molecular formula is C10H8N4. The Morgan fingerprint density at radius 2 is 2.21 bits per heavy atom. The number of rotatable bonds is 0. The number of pyridine rings is 1. The molecule has 14 heavy (non-hydrogen) atoms. The maximum absolute atomic E-state index is 5.84. The lowest BCUT2D eigenvalue weighted by atomic mass is 10.1. The van der Waals surface area contributed by atoms with Crippen molar-refractivity contribution < 1.29 is 0 Å². The van der Waals surface area contributed by atoms with Crippen LogP contribution in [0.4, 0.5) is 5.69 Å². The Labute approximate surface area is 79.8 Å². The Bertz CT molecular complexity index is 612. The normalized spacial score (nSPS) is 11.1. The van der Waals surface area contributed by atoms with Crippen molar-refractivity contribution in [1.29, 1.82) is 0 Å². The lowest BCUT2D eigenvalue weighted by Gasteiger charge is -2.00. The number of anilines is 1. The minimum Gasteiger partial charge on any atom is -0.398 e. The van der Waals surface area contributed by atoms with E-state index in [0.29, 0.717) is 0 Å². The van der Waals surface area contributed by atoms with Crippen molar-refractivity contribution in [1.82, 2.24) is 15.2 Å². The summed E-state index contributed by atoms with van der Waals surface area (Å²) < 4.78 is 0. The third kappa shape index (κ3) is 0.877. The molecule has 0 fully saturated rings. The molecule has 0 spiro atoms. The van der Waals surface area contributed by atoms with Gasteiger partial charge in [0.05, 0.1) is 17.2 Å². The molecule has 3 rings (SSSR count). The molecule has 0 amide bonds. The topological polar surface area (TPSA) is 67.6 Å². The molecule has 4 heteroatoms. The molecule has 68 valence electrons. The van der Waals surface area contributed by atoms with Crippen molar-refractivity contribution in [2.45, 2.75) is 0 Å². The fraction of sp³-hybridized carbons (Fsp3) is 0. The zero-order valence-electron chi connectivity index (χ0n) is 7.36. The van der Waals surface area contributed by atoms with Crippen molar-refractivity contribution in [3.05, 3.63) is 30.6 Å². The zero-order valence-corrected chi connectivity index (χ0v) is 7.36. The van der Waals surface area contributed by atoms with Crippen molar-refractivity contribution >= 4 is 27.5 Å². The summed E-state index contributed by atoms with van der Waals surface area (Å²) in [5.74, 6) is 0. The molecule has 1 aromatic carbocycles. The first-order valence-corrected chi connectivity index (χ1v) is 4.32. The Morgan fingerprint density at radius 1 is 1.29 bits per heavy atom. The van der Waals surface area contributed by atoms with Gasteiger partial charge in [-0.15, -0.1) is 0 Å². The summed E-state index contributed by atoms with van der Waals surface area (Å²) >= 11 is 0. The molecule has 3 aromatic rings. The van der Waals surface area contributed by atoms with Gasteiger partial charge >= 0.3 is 0 Å². The molecule has 0 saturated carbocycles. The van der Waals surface area contributed by atoms with E-state index in [1.54, 1.807) is 18.5 Å². The van der Waals surface area contributed by atoms with E-state index in [0.717, 1.165) is 27.5 Å². The van der Waals surface area contributed by atoms with Crippen LogP contribution in [-0.4, -0.2) is 15.2 Å². The predicted octanol–water partition coefficient (Wildman–Crippen LogP) is 1.69. The lowest BCUT2D eigenvalue weighted by molar-refractivity contribution is 1.12. The third-order valence-corrected chi connectivity index (χ3v) is 2.34. The number of hydrogen-bond acceptors (Lipinski definition) is 3. The van der Waals surface area contributed by atoms with E-state index in [2.05, 4.69) is 15.2 Å². The van der Waals surface area contributed by atoms with Crippen LogP contribution in [0.1, 0.15) is 0 Å². The van der Waals surface area contributed by atoms with E-state index in [9.17, 15) is 0 Å². The summed E-state index contributed by atoms with van der Waals surface area (Å²) in [4.78, 5) is 4.25. The zero-order chi connectivity index (χ0) is 9.54. The quantitative estimate of drug-likeness (QED) is 0.558. The first-order chi connectivity index (χ1) is 6.84. The number of hydrogen-bond donors (Lipinski definition) is 2. The molecule has 0 radical (unpaired) electrons. The van der Waals surface area contributed by atoms with Crippen LogP contribution in [0.2, 0.25) is 0 Å². The number of aromatic nitrogens is 3. The molecule has 2 heterocycles. The number of nitrogens with one attached hydrogen (secondary N) is 1. The van der Waals surface area contributed by atoms with Gasteiger partial charge in [0.25, 0.3) is 0 Å². The van der Waals surface area contributed by atoms with E-state index >= 15 is 0 Å². The van der Waals surface area contributed by atoms with Crippen LogP contribution in [-0.2, 0) is 0 Å². The van der Waals surface area contributed by atoms with Gasteiger partial charge < -0.3 is 5.73 Å². The SMILES string of the molecule is Nc1ccnc2cc3cn[nH]c3cc12. The molecular weight excluding hydrogens is 176 g/mol. The highest BCUT2D eigenvalue weighted by Gasteiger charge is 2.02. The van der Waals surface area contributed by atoms with Crippen molar-refractivity contribution in [2.75, 3.05) is 5.73 Å². The highest BCUT2D eigenvalue weighted by Crippen LogP contribution is 2.23. The van der Waals surface area contributed by atoms with Crippen molar-refractivity contribution in [3.63, 3.8) is 0 Å². The molecule has 0 aliphatic heterocycles. The Morgan fingerprint density at radius 3 is 3.14 bits per heavy atom. The molecule has 0 aliphatic carbocycles. The number of nitrogens with two attached hydrogens (primary N) is 1. The summed E-state index contributed by atoms with van der Waals surface area (Å²) in [6.45, 7) is 0. The molecule has 0 atom stereocenters. The summed E-state index contributed by atoms with van der Waals surface area (Å²) in [5.41, 5.74) is 8.47. The third-order valence-electron chi connectivity index (χ3n) is 2.34. The smallest absolute Gasteiger partial charge is 0.0730 e. The number of aromatic amines is 1. The molecule has 2 aromatic heterocycles. The fourth-order valence-electron chi connectivity index (χ4n) is 1.61. The second-order valence-electron chi connectivity index (χ2n) is 3.23. The predicted molar refractivity (Wildman–Crippen MR) is 55.8 cm³/mol. The molecule has 0 saturated heterocycles. The number of H-pyrrole nitrogens is 1. The highest BCUT2D eigenvalue weighted by molar-refractivity contribution is 5.99. The number of benzene rings is 1. The van der Waals surface area contributed by atoms with Crippen molar-refractivity contribution in [3.8, 4) is 0 Å². The van der Waals surface area contributed by atoms with Crippen LogP contribution in [0.15, 0.2) is 30.6 Å². The molecule has 4 nitrogen and oxygen atoms in total. The average Bonchev–Trinajstić information content (AvgIpc) is 2.62. The van der Waals surface area contributed by atoms with Gasteiger partial charge in [-0.25, -0.2) is 0 Å². The Kier molecular flexibility index (Phi) is 1.28. The standard InChI is InChI=1S/C10H8N4/c11-8-1-2-12-10-3-6-5-13-14-9(6)4-7(8)10/h1-5H,(H2,11,12)(H,13,14). The second-order valence-corrected chi connectivity index (χ2v) is 3.23. The van der Waals surface area contributed by atoms with E-state index in [1.807, 2.05) is 12.1 Å². The van der Waals surface area contributed by atoms with Crippen LogP contribution >= 0.6 is 0 Å². The summed E-state index contributed by atoms with van der Waals surface area (Å²) in [7, 11) is 0. The van der Waals surface area contributed by atoms with Gasteiger partial charge in [-0.1, -0.05) is 0 Å². The largest absolute Gasteiger partial charge is 0.398 e. The van der Waals surface area contributed by atoms with Crippen LogP contribution in [0.25, 0.3) is 21.8 Å². The number of nitrogens with zero attached hydrogens (tertiary/aromatic N) is 2. The monoisotopic (exact) mass is 184 g/mol. The van der Waals surface area contributed by atoms with E-state index in [4.69, 9.17) is 5.73 Å².